The van der Waals surface area contributed by atoms with Crippen molar-refractivity contribution in [3.8, 4) is 11.1 Å². The first-order chi connectivity index (χ1) is 14.4. The molecule has 0 spiro atoms. The minimum absolute atomic E-state index is 0.141. The van der Waals surface area contributed by atoms with Gasteiger partial charge in [-0.3, -0.25) is 14.6 Å². The molecular weight excluding hydrogens is 382 g/mol. The second-order valence-corrected chi connectivity index (χ2v) is 6.88. The number of esters is 1. The first kappa shape index (κ1) is 21.0. The van der Waals surface area contributed by atoms with Crippen molar-refractivity contribution in [2.24, 2.45) is 0 Å². The van der Waals surface area contributed by atoms with Crippen LogP contribution in [0.15, 0.2) is 73.4 Å². The Hall–Kier alpha value is -3.71. The van der Waals surface area contributed by atoms with E-state index in [4.69, 9.17) is 0 Å². The summed E-state index contributed by atoms with van der Waals surface area (Å²) in [6, 6.07) is 9.27. The average Bonchev–Trinajstić information content (AvgIpc) is 2.76. The van der Waals surface area contributed by atoms with Crippen LogP contribution in [0.25, 0.3) is 16.7 Å². The lowest BCUT2D eigenvalue weighted by molar-refractivity contribution is -0.142. The van der Waals surface area contributed by atoms with E-state index in [-0.39, 0.29) is 12.5 Å². The Bertz CT molecular complexity index is 1030. The summed E-state index contributed by atoms with van der Waals surface area (Å²) in [5, 5.41) is 12.8. The number of nitrogens with one attached hydrogen (secondary N) is 1. The molecule has 0 aliphatic carbocycles. The number of hydrogen-bond donors (Lipinski definition) is 2. The monoisotopic (exact) mass is 405 g/mol. The van der Waals surface area contributed by atoms with E-state index < -0.39 is 12.2 Å². The highest BCUT2D eigenvalue weighted by Crippen LogP contribution is 2.25. The molecule has 0 bridgehead atoms. The fraction of sp³-hybridized carbons (Fsp3) is 0.174. The maximum absolute atomic E-state index is 12.9. The number of carbonyl (C=O) groups excluding carboxylic acids is 2. The third-order valence-corrected chi connectivity index (χ3v) is 4.57. The Balaban J connectivity index is 1.87. The fourth-order valence-electron chi connectivity index (χ4n) is 2.93. The molecule has 0 fully saturated rings. The van der Waals surface area contributed by atoms with Crippen LogP contribution >= 0.6 is 0 Å². The molecule has 2 heterocycles. The molecule has 7 nitrogen and oxygen atoms in total. The molecule has 1 aliphatic heterocycles. The summed E-state index contributed by atoms with van der Waals surface area (Å²) in [4.78, 5) is 30.0. The number of aromatic nitrogens is 1. The Morgan fingerprint density at radius 3 is 2.70 bits per heavy atom. The number of aliphatic hydroxyl groups excluding tert-OH is 1. The zero-order valence-electron chi connectivity index (χ0n) is 16.8. The van der Waals surface area contributed by atoms with E-state index in [2.05, 4.69) is 21.6 Å². The third-order valence-electron chi connectivity index (χ3n) is 4.57. The van der Waals surface area contributed by atoms with Crippen LogP contribution in [0.2, 0.25) is 0 Å². The number of pyridine rings is 1. The van der Waals surface area contributed by atoms with Crippen molar-refractivity contribution >= 4 is 17.4 Å². The van der Waals surface area contributed by atoms with Gasteiger partial charge in [-0.05, 0) is 54.5 Å². The van der Waals surface area contributed by atoms with Crippen LogP contribution in [0, 0.1) is 0 Å². The SMILES string of the molecule is C=C(C)c1cc(C(=O)NC2=CN(CC(=O)OC)C(O)C=C2)cc(-c2cccnc2)c1. The standard InChI is InChI=1S/C23H23N3O4/c1-15(2)17-9-18(16-5-4-8-24-12-16)11-19(10-17)23(29)25-20-6-7-21(27)26(13-20)14-22(28)30-3/h4-13,21,27H,1,14H2,2-3H3,(H,25,29). The van der Waals surface area contributed by atoms with Crippen molar-refractivity contribution in [1.82, 2.24) is 15.2 Å². The number of carbonyl (C=O) groups is 2. The van der Waals surface area contributed by atoms with Crippen molar-refractivity contribution in [3.05, 3.63) is 84.5 Å². The number of allylic oxidation sites excluding steroid dienone is 2. The number of methoxy groups -OCH3 is 1. The van der Waals surface area contributed by atoms with Gasteiger partial charge in [-0.2, -0.15) is 0 Å². The Labute approximate surface area is 175 Å². The van der Waals surface area contributed by atoms with Crippen molar-refractivity contribution < 1.29 is 19.4 Å². The normalized spacial score (nSPS) is 15.4. The summed E-state index contributed by atoms with van der Waals surface area (Å²) in [5.74, 6) is -0.824. The van der Waals surface area contributed by atoms with Gasteiger partial charge in [0.25, 0.3) is 5.91 Å². The van der Waals surface area contributed by atoms with Crippen LogP contribution in [0.4, 0.5) is 0 Å². The fourth-order valence-corrected chi connectivity index (χ4v) is 2.93. The van der Waals surface area contributed by atoms with E-state index in [1.165, 1.54) is 24.3 Å². The minimum Gasteiger partial charge on any atom is -0.468 e. The van der Waals surface area contributed by atoms with Crippen molar-refractivity contribution in [1.29, 1.82) is 0 Å². The molecule has 30 heavy (non-hydrogen) atoms. The number of rotatable bonds is 6. The second kappa shape index (κ2) is 9.19. The van der Waals surface area contributed by atoms with Gasteiger partial charge in [0.05, 0.1) is 12.8 Å². The summed E-state index contributed by atoms with van der Waals surface area (Å²) in [7, 11) is 1.27. The first-order valence-electron chi connectivity index (χ1n) is 9.31. The maximum Gasteiger partial charge on any atom is 0.325 e. The van der Waals surface area contributed by atoms with E-state index in [9.17, 15) is 14.7 Å². The lowest BCUT2D eigenvalue weighted by Gasteiger charge is -2.27. The lowest BCUT2D eigenvalue weighted by atomic mass is 9.97. The van der Waals surface area contributed by atoms with E-state index in [0.29, 0.717) is 11.3 Å². The van der Waals surface area contributed by atoms with Gasteiger partial charge in [0.15, 0.2) is 0 Å². The van der Waals surface area contributed by atoms with Crippen LogP contribution < -0.4 is 5.32 Å². The highest BCUT2D eigenvalue weighted by Gasteiger charge is 2.19. The summed E-state index contributed by atoms with van der Waals surface area (Å²) < 4.78 is 4.63. The molecule has 2 aromatic rings. The lowest BCUT2D eigenvalue weighted by Crippen LogP contribution is -2.38. The maximum atomic E-state index is 12.9. The van der Waals surface area contributed by atoms with Crippen LogP contribution in [0.1, 0.15) is 22.8 Å². The van der Waals surface area contributed by atoms with E-state index >= 15 is 0 Å². The molecule has 1 amide bonds. The summed E-state index contributed by atoms with van der Waals surface area (Å²) in [5.41, 5.74) is 4.31. The van der Waals surface area contributed by atoms with Gasteiger partial charge >= 0.3 is 5.97 Å². The average molecular weight is 405 g/mol. The first-order valence-corrected chi connectivity index (χ1v) is 9.31. The molecule has 2 N–H and O–H groups in total. The Morgan fingerprint density at radius 2 is 2.03 bits per heavy atom. The van der Waals surface area contributed by atoms with Gasteiger partial charge in [0.2, 0.25) is 0 Å². The molecule has 3 rings (SSSR count). The number of amides is 1. The largest absolute Gasteiger partial charge is 0.468 e. The topological polar surface area (TPSA) is 91.8 Å². The molecule has 1 unspecified atom stereocenters. The summed E-state index contributed by atoms with van der Waals surface area (Å²) in [6.07, 6.45) is 7.01. The number of aliphatic hydroxyl groups is 1. The van der Waals surface area contributed by atoms with Crippen LogP contribution in [0.5, 0.6) is 0 Å². The highest BCUT2D eigenvalue weighted by molar-refractivity contribution is 5.97. The molecule has 0 saturated carbocycles. The highest BCUT2D eigenvalue weighted by atomic mass is 16.5. The van der Waals surface area contributed by atoms with Crippen molar-refractivity contribution in [2.45, 2.75) is 13.2 Å². The van der Waals surface area contributed by atoms with Gasteiger partial charge < -0.3 is 20.1 Å². The second-order valence-electron chi connectivity index (χ2n) is 6.88. The molecule has 1 atom stereocenters. The molecule has 154 valence electrons. The van der Waals surface area contributed by atoms with Gasteiger partial charge in [-0.1, -0.05) is 18.2 Å². The van der Waals surface area contributed by atoms with E-state index in [1.807, 2.05) is 25.1 Å². The molecule has 7 heteroatoms. The summed E-state index contributed by atoms with van der Waals surface area (Å²) >= 11 is 0. The van der Waals surface area contributed by atoms with Gasteiger partial charge in [-0.25, -0.2) is 0 Å². The van der Waals surface area contributed by atoms with Crippen LogP contribution in [-0.4, -0.2) is 46.7 Å². The predicted octanol–water partition coefficient (Wildman–Crippen LogP) is 2.72. The third kappa shape index (κ3) is 5.01. The summed E-state index contributed by atoms with van der Waals surface area (Å²) in [6.45, 7) is 5.72. The predicted molar refractivity (Wildman–Crippen MR) is 114 cm³/mol. The Kier molecular flexibility index (Phi) is 6.44. The number of ether oxygens (including phenoxy) is 1. The molecule has 1 aromatic carbocycles. The van der Waals surface area contributed by atoms with Gasteiger partial charge in [0, 0.05) is 29.7 Å². The van der Waals surface area contributed by atoms with Crippen LogP contribution in [-0.2, 0) is 9.53 Å². The minimum atomic E-state index is -0.978. The van der Waals surface area contributed by atoms with Gasteiger partial charge in [-0.15, -0.1) is 0 Å². The molecule has 1 aliphatic rings. The number of hydrogen-bond acceptors (Lipinski definition) is 6. The molecule has 1 aromatic heterocycles. The molecule has 0 saturated heterocycles. The zero-order valence-corrected chi connectivity index (χ0v) is 16.8. The van der Waals surface area contributed by atoms with Crippen LogP contribution in [0.3, 0.4) is 0 Å². The molecular formula is C23H23N3O4. The number of benzene rings is 1. The Morgan fingerprint density at radius 1 is 1.27 bits per heavy atom. The van der Waals surface area contributed by atoms with Crippen molar-refractivity contribution in [3.63, 3.8) is 0 Å². The number of nitrogens with zero attached hydrogens (tertiary/aromatic N) is 2. The van der Waals surface area contributed by atoms with Crippen molar-refractivity contribution in [2.75, 3.05) is 13.7 Å². The van der Waals surface area contributed by atoms with E-state index in [0.717, 1.165) is 22.3 Å². The molecule has 0 radical (unpaired) electrons. The smallest absolute Gasteiger partial charge is 0.325 e. The van der Waals surface area contributed by atoms with E-state index in [1.54, 1.807) is 30.6 Å². The zero-order chi connectivity index (χ0) is 21.7. The van der Waals surface area contributed by atoms with Gasteiger partial charge in [0.1, 0.15) is 12.8 Å². The quantitative estimate of drug-likeness (QED) is 0.718.